The van der Waals surface area contributed by atoms with Crippen LogP contribution in [0.2, 0.25) is 0 Å². The zero-order chi connectivity index (χ0) is 17.2. The zero-order valence-corrected chi connectivity index (χ0v) is 14.3. The van der Waals surface area contributed by atoms with Gasteiger partial charge in [0.2, 0.25) is 5.91 Å². The van der Waals surface area contributed by atoms with Gasteiger partial charge < -0.3 is 9.80 Å². The Morgan fingerprint density at radius 1 is 1.16 bits per heavy atom. The molecular formula is C19H21N5O. The molecule has 4 rings (SSSR count). The highest BCUT2D eigenvalue weighted by Gasteiger charge is 2.23. The standard InChI is InChI=1S/C19H21N5O/c1-14-6-7-20-18(12-14)23-8-10-24(11-9-23)19(25)13-17-15-4-2-3-5-16(15)21-22-17/h2-7,12H,8-11,13H2,1H3,(H,21,22). The number of aromatic nitrogens is 3. The van der Waals surface area contributed by atoms with Crippen molar-refractivity contribution in [2.45, 2.75) is 13.3 Å². The first-order valence-corrected chi connectivity index (χ1v) is 8.58. The maximum atomic E-state index is 12.7. The van der Waals surface area contributed by atoms with Gasteiger partial charge >= 0.3 is 0 Å². The summed E-state index contributed by atoms with van der Waals surface area (Å²) < 4.78 is 0. The minimum absolute atomic E-state index is 0.145. The molecular weight excluding hydrogens is 314 g/mol. The second-order valence-electron chi connectivity index (χ2n) is 6.46. The normalized spacial score (nSPS) is 14.9. The van der Waals surface area contributed by atoms with Crippen molar-refractivity contribution in [1.82, 2.24) is 20.1 Å². The van der Waals surface area contributed by atoms with Gasteiger partial charge in [-0.15, -0.1) is 0 Å². The fourth-order valence-corrected chi connectivity index (χ4v) is 3.29. The third-order valence-corrected chi connectivity index (χ3v) is 4.73. The number of carbonyl (C=O) groups excluding carboxylic acids is 1. The fourth-order valence-electron chi connectivity index (χ4n) is 3.29. The summed E-state index contributed by atoms with van der Waals surface area (Å²) in [5.74, 6) is 1.14. The Kier molecular flexibility index (Phi) is 4.09. The number of aryl methyl sites for hydroxylation is 1. The van der Waals surface area contributed by atoms with Gasteiger partial charge in [-0.3, -0.25) is 9.89 Å². The number of nitrogens with zero attached hydrogens (tertiary/aromatic N) is 4. The van der Waals surface area contributed by atoms with Crippen LogP contribution in [0.3, 0.4) is 0 Å². The number of amides is 1. The lowest BCUT2D eigenvalue weighted by Gasteiger charge is -2.35. The fraction of sp³-hybridized carbons (Fsp3) is 0.316. The van der Waals surface area contributed by atoms with Crippen LogP contribution < -0.4 is 4.90 Å². The number of H-pyrrole nitrogens is 1. The lowest BCUT2D eigenvalue weighted by atomic mass is 10.1. The molecule has 1 fully saturated rings. The van der Waals surface area contributed by atoms with Crippen molar-refractivity contribution in [1.29, 1.82) is 0 Å². The van der Waals surface area contributed by atoms with Crippen LogP contribution in [0.5, 0.6) is 0 Å². The van der Waals surface area contributed by atoms with Gasteiger partial charge in [0.15, 0.2) is 0 Å². The van der Waals surface area contributed by atoms with Crippen molar-refractivity contribution in [3.8, 4) is 0 Å². The van der Waals surface area contributed by atoms with Crippen LogP contribution in [0.4, 0.5) is 5.82 Å². The van der Waals surface area contributed by atoms with E-state index in [1.165, 1.54) is 5.56 Å². The van der Waals surface area contributed by atoms with Crippen molar-refractivity contribution < 1.29 is 4.79 Å². The number of fused-ring (bicyclic) bond motifs is 1. The maximum absolute atomic E-state index is 12.7. The third-order valence-electron chi connectivity index (χ3n) is 4.73. The van der Waals surface area contributed by atoms with E-state index < -0.39 is 0 Å². The summed E-state index contributed by atoms with van der Waals surface area (Å²) in [4.78, 5) is 21.3. The average Bonchev–Trinajstić information content (AvgIpc) is 3.05. The molecule has 0 spiro atoms. The topological polar surface area (TPSA) is 65.1 Å². The summed E-state index contributed by atoms with van der Waals surface area (Å²) in [6.45, 7) is 5.14. The predicted molar refractivity (Wildman–Crippen MR) is 97.6 cm³/mol. The van der Waals surface area contributed by atoms with E-state index >= 15 is 0 Å². The van der Waals surface area contributed by atoms with Gasteiger partial charge in [0.1, 0.15) is 5.82 Å². The van der Waals surface area contributed by atoms with E-state index in [9.17, 15) is 4.79 Å². The molecule has 0 aliphatic carbocycles. The van der Waals surface area contributed by atoms with E-state index in [4.69, 9.17) is 0 Å². The lowest BCUT2D eigenvalue weighted by molar-refractivity contribution is -0.130. The highest BCUT2D eigenvalue weighted by molar-refractivity contribution is 5.87. The summed E-state index contributed by atoms with van der Waals surface area (Å²) >= 11 is 0. The van der Waals surface area contributed by atoms with Gasteiger partial charge in [-0.25, -0.2) is 4.98 Å². The Hall–Kier alpha value is -2.89. The van der Waals surface area contributed by atoms with Crippen LogP contribution in [0, 0.1) is 6.92 Å². The Bertz CT molecular complexity index is 895. The van der Waals surface area contributed by atoms with Crippen molar-refractivity contribution >= 4 is 22.6 Å². The van der Waals surface area contributed by atoms with Gasteiger partial charge in [-0.2, -0.15) is 5.10 Å². The Morgan fingerprint density at radius 3 is 2.76 bits per heavy atom. The van der Waals surface area contributed by atoms with E-state index in [0.29, 0.717) is 6.42 Å². The molecule has 0 saturated carbocycles. The molecule has 1 aromatic carbocycles. The molecule has 1 aliphatic heterocycles. The first-order chi connectivity index (χ1) is 12.2. The molecule has 1 amide bonds. The number of pyridine rings is 1. The molecule has 6 heteroatoms. The average molecular weight is 335 g/mol. The van der Waals surface area contributed by atoms with Crippen molar-refractivity contribution in [3.63, 3.8) is 0 Å². The van der Waals surface area contributed by atoms with Crippen molar-refractivity contribution in [2.24, 2.45) is 0 Å². The summed E-state index contributed by atoms with van der Waals surface area (Å²) in [6.07, 6.45) is 2.20. The first-order valence-electron chi connectivity index (χ1n) is 8.58. The highest BCUT2D eigenvalue weighted by atomic mass is 16.2. The summed E-state index contributed by atoms with van der Waals surface area (Å²) in [7, 11) is 0. The zero-order valence-electron chi connectivity index (χ0n) is 14.3. The molecule has 0 unspecified atom stereocenters. The van der Waals surface area contributed by atoms with Gasteiger partial charge in [0.25, 0.3) is 0 Å². The molecule has 3 aromatic rings. The number of anilines is 1. The number of rotatable bonds is 3. The Balaban J connectivity index is 1.40. The molecule has 3 heterocycles. The van der Waals surface area contributed by atoms with Gasteiger partial charge in [-0.1, -0.05) is 18.2 Å². The molecule has 2 aromatic heterocycles. The van der Waals surface area contributed by atoms with Crippen LogP contribution in [0.1, 0.15) is 11.3 Å². The molecule has 1 aliphatic rings. The number of aromatic amines is 1. The third kappa shape index (κ3) is 3.20. The molecule has 0 bridgehead atoms. The number of benzene rings is 1. The molecule has 1 N–H and O–H groups in total. The molecule has 25 heavy (non-hydrogen) atoms. The predicted octanol–water partition coefficient (Wildman–Crippen LogP) is 2.16. The minimum Gasteiger partial charge on any atom is -0.353 e. The summed E-state index contributed by atoms with van der Waals surface area (Å²) in [5.41, 5.74) is 3.00. The number of nitrogens with one attached hydrogen (secondary N) is 1. The SMILES string of the molecule is Cc1ccnc(N2CCN(C(=O)Cc3[nH]nc4ccccc34)CC2)c1. The molecule has 1 saturated heterocycles. The maximum Gasteiger partial charge on any atom is 0.228 e. The number of piperazine rings is 1. The van der Waals surface area contributed by atoms with E-state index in [2.05, 4.69) is 33.1 Å². The summed E-state index contributed by atoms with van der Waals surface area (Å²) in [5, 5.41) is 8.30. The highest BCUT2D eigenvalue weighted by Crippen LogP contribution is 2.18. The quantitative estimate of drug-likeness (QED) is 0.797. The second kappa shape index (κ2) is 6.55. The van der Waals surface area contributed by atoms with Crippen LogP contribution in [-0.4, -0.2) is 52.2 Å². The molecule has 6 nitrogen and oxygen atoms in total. The number of hydrogen-bond donors (Lipinski definition) is 1. The van der Waals surface area contributed by atoms with Crippen LogP contribution in [0.25, 0.3) is 10.9 Å². The van der Waals surface area contributed by atoms with Gasteiger partial charge in [0, 0.05) is 37.8 Å². The first kappa shape index (κ1) is 15.6. The van der Waals surface area contributed by atoms with E-state index in [1.807, 2.05) is 41.4 Å². The monoisotopic (exact) mass is 335 g/mol. The number of para-hydroxylation sites is 1. The number of carbonyl (C=O) groups is 1. The van der Waals surface area contributed by atoms with Crippen molar-refractivity contribution in [2.75, 3.05) is 31.1 Å². The smallest absolute Gasteiger partial charge is 0.228 e. The minimum atomic E-state index is 0.145. The largest absolute Gasteiger partial charge is 0.353 e. The van der Waals surface area contributed by atoms with E-state index in [-0.39, 0.29) is 5.91 Å². The van der Waals surface area contributed by atoms with E-state index in [0.717, 1.165) is 48.6 Å². The molecule has 0 radical (unpaired) electrons. The van der Waals surface area contributed by atoms with Crippen LogP contribution in [-0.2, 0) is 11.2 Å². The summed E-state index contributed by atoms with van der Waals surface area (Å²) in [6, 6.07) is 12.0. The molecule has 0 atom stereocenters. The Morgan fingerprint density at radius 2 is 1.96 bits per heavy atom. The lowest BCUT2D eigenvalue weighted by Crippen LogP contribution is -2.49. The van der Waals surface area contributed by atoms with Crippen LogP contribution in [0.15, 0.2) is 42.6 Å². The van der Waals surface area contributed by atoms with Crippen molar-refractivity contribution in [3.05, 3.63) is 53.9 Å². The van der Waals surface area contributed by atoms with E-state index in [1.54, 1.807) is 0 Å². The number of hydrogen-bond acceptors (Lipinski definition) is 4. The molecule has 128 valence electrons. The van der Waals surface area contributed by atoms with Gasteiger partial charge in [-0.05, 0) is 30.7 Å². The van der Waals surface area contributed by atoms with Crippen LogP contribution >= 0.6 is 0 Å². The van der Waals surface area contributed by atoms with Gasteiger partial charge in [0.05, 0.1) is 17.6 Å². The Labute approximate surface area is 146 Å². The second-order valence-corrected chi connectivity index (χ2v) is 6.46.